The van der Waals surface area contributed by atoms with E-state index < -0.39 is 0 Å². The smallest absolute Gasteiger partial charge is 0.215 e. The molecule has 1 aromatic rings. The minimum Gasteiger partial charge on any atom is -0.481 e. The van der Waals surface area contributed by atoms with Crippen LogP contribution in [0.2, 0.25) is 0 Å². The summed E-state index contributed by atoms with van der Waals surface area (Å²) in [4.78, 5) is 3.95. The Morgan fingerprint density at radius 3 is 2.64 bits per heavy atom. The Labute approximate surface area is 83.0 Å². The number of methoxy groups -OCH3 is 2. The molecule has 0 fully saturated rings. The molecule has 5 nitrogen and oxygen atoms in total. The third-order valence-corrected chi connectivity index (χ3v) is 1.93. The van der Waals surface area contributed by atoms with Gasteiger partial charge < -0.3 is 20.9 Å². The second-order valence-electron chi connectivity index (χ2n) is 2.87. The molecule has 1 heterocycles. The monoisotopic (exact) mass is 197 g/mol. The lowest BCUT2D eigenvalue weighted by atomic mass is 10.1. The summed E-state index contributed by atoms with van der Waals surface area (Å²) in [5, 5.41) is 0. The summed E-state index contributed by atoms with van der Waals surface area (Å²) in [5.41, 5.74) is 12.8. The standard InChI is InChI=1S/C9H15N3O2/c1-13-4-3-6-5-7(14-2)12-9(11)8(6)10/h5H,3-4,10H2,1-2H3,(H2,11,12). The van der Waals surface area contributed by atoms with Crippen LogP contribution in [0.4, 0.5) is 11.5 Å². The summed E-state index contributed by atoms with van der Waals surface area (Å²) in [6.07, 6.45) is 0.700. The normalized spacial score (nSPS) is 10.1. The van der Waals surface area contributed by atoms with Crippen molar-refractivity contribution in [3.63, 3.8) is 0 Å². The Balaban J connectivity index is 2.95. The van der Waals surface area contributed by atoms with Crippen molar-refractivity contribution >= 4 is 11.5 Å². The fraction of sp³-hybridized carbons (Fsp3) is 0.444. The number of pyridine rings is 1. The molecule has 1 rings (SSSR count). The van der Waals surface area contributed by atoms with Gasteiger partial charge in [-0.3, -0.25) is 0 Å². The van der Waals surface area contributed by atoms with Crippen molar-refractivity contribution in [1.29, 1.82) is 0 Å². The maximum atomic E-state index is 5.75. The molecule has 0 spiro atoms. The first-order valence-electron chi connectivity index (χ1n) is 4.26. The van der Waals surface area contributed by atoms with Crippen LogP contribution in [-0.4, -0.2) is 25.8 Å². The van der Waals surface area contributed by atoms with Crippen LogP contribution in [0.25, 0.3) is 0 Å². The molecule has 0 aliphatic heterocycles. The predicted octanol–water partition coefficient (Wildman–Crippen LogP) is 0.444. The zero-order valence-corrected chi connectivity index (χ0v) is 8.41. The molecular weight excluding hydrogens is 182 g/mol. The van der Waals surface area contributed by atoms with E-state index in [1.54, 1.807) is 13.2 Å². The molecule has 0 radical (unpaired) electrons. The lowest BCUT2D eigenvalue weighted by Crippen LogP contribution is -2.06. The summed E-state index contributed by atoms with van der Waals surface area (Å²) in [6.45, 7) is 0.594. The highest BCUT2D eigenvalue weighted by Gasteiger charge is 2.07. The highest BCUT2D eigenvalue weighted by Crippen LogP contribution is 2.23. The fourth-order valence-electron chi connectivity index (χ4n) is 1.13. The second kappa shape index (κ2) is 4.66. The first kappa shape index (κ1) is 10.6. The first-order valence-corrected chi connectivity index (χ1v) is 4.26. The molecule has 0 atom stereocenters. The maximum Gasteiger partial charge on any atom is 0.215 e. The molecule has 1 aromatic heterocycles. The number of nitrogens with two attached hydrogens (primary N) is 2. The van der Waals surface area contributed by atoms with Crippen molar-refractivity contribution in [2.45, 2.75) is 6.42 Å². The van der Waals surface area contributed by atoms with Crippen molar-refractivity contribution in [2.24, 2.45) is 0 Å². The summed E-state index contributed by atoms with van der Waals surface area (Å²) in [7, 11) is 3.18. The predicted molar refractivity (Wildman–Crippen MR) is 55.2 cm³/mol. The molecular formula is C9H15N3O2. The number of rotatable bonds is 4. The van der Waals surface area contributed by atoms with Gasteiger partial charge in [-0.25, -0.2) is 0 Å². The average molecular weight is 197 g/mol. The van der Waals surface area contributed by atoms with E-state index in [4.69, 9.17) is 20.9 Å². The van der Waals surface area contributed by atoms with Crippen LogP contribution in [0, 0.1) is 0 Å². The van der Waals surface area contributed by atoms with Crippen molar-refractivity contribution in [2.75, 3.05) is 32.3 Å². The zero-order valence-electron chi connectivity index (χ0n) is 8.41. The molecule has 0 aromatic carbocycles. The molecule has 78 valence electrons. The third kappa shape index (κ3) is 2.26. The van der Waals surface area contributed by atoms with Gasteiger partial charge in [0.2, 0.25) is 5.88 Å². The Bertz CT molecular complexity index is 315. The number of anilines is 2. The van der Waals surface area contributed by atoms with Gasteiger partial charge in [0.15, 0.2) is 5.82 Å². The SMILES string of the molecule is COCCc1cc(OC)nc(N)c1N. The Hall–Kier alpha value is -1.49. The highest BCUT2D eigenvalue weighted by atomic mass is 16.5. The zero-order chi connectivity index (χ0) is 10.6. The number of ether oxygens (including phenoxy) is 2. The summed E-state index contributed by atoms with van der Waals surface area (Å²) in [5.74, 6) is 0.776. The highest BCUT2D eigenvalue weighted by molar-refractivity contribution is 5.64. The number of nitrogen functional groups attached to an aromatic ring is 2. The average Bonchev–Trinajstić information content (AvgIpc) is 2.20. The van der Waals surface area contributed by atoms with Crippen molar-refractivity contribution < 1.29 is 9.47 Å². The van der Waals surface area contributed by atoms with E-state index in [0.29, 0.717) is 30.4 Å². The Morgan fingerprint density at radius 1 is 1.36 bits per heavy atom. The van der Waals surface area contributed by atoms with E-state index in [0.717, 1.165) is 5.56 Å². The fourth-order valence-corrected chi connectivity index (χ4v) is 1.13. The summed E-state index contributed by atoms with van der Waals surface area (Å²) in [6, 6.07) is 1.77. The largest absolute Gasteiger partial charge is 0.481 e. The van der Waals surface area contributed by atoms with Gasteiger partial charge >= 0.3 is 0 Å². The summed E-state index contributed by atoms with van der Waals surface area (Å²) < 4.78 is 9.94. The van der Waals surface area contributed by atoms with Gasteiger partial charge in [-0.15, -0.1) is 0 Å². The number of hydrogen-bond donors (Lipinski definition) is 2. The summed E-state index contributed by atoms with van der Waals surface area (Å²) >= 11 is 0. The number of nitrogens with zero attached hydrogens (tertiary/aromatic N) is 1. The molecule has 4 N–H and O–H groups in total. The minimum absolute atomic E-state index is 0.301. The second-order valence-corrected chi connectivity index (χ2v) is 2.87. The van der Waals surface area contributed by atoms with Crippen molar-refractivity contribution in [1.82, 2.24) is 4.98 Å². The van der Waals surface area contributed by atoms with E-state index >= 15 is 0 Å². The van der Waals surface area contributed by atoms with Crippen LogP contribution in [0.15, 0.2) is 6.07 Å². The number of hydrogen-bond acceptors (Lipinski definition) is 5. The molecule has 0 unspecified atom stereocenters. The van der Waals surface area contributed by atoms with Gasteiger partial charge in [0.05, 0.1) is 19.4 Å². The lowest BCUT2D eigenvalue weighted by Gasteiger charge is -2.09. The Morgan fingerprint density at radius 2 is 2.07 bits per heavy atom. The molecule has 14 heavy (non-hydrogen) atoms. The molecule has 0 bridgehead atoms. The topological polar surface area (TPSA) is 83.4 Å². The van der Waals surface area contributed by atoms with E-state index in [1.165, 1.54) is 7.11 Å². The molecule has 0 amide bonds. The third-order valence-electron chi connectivity index (χ3n) is 1.93. The van der Waals surface area contributed by atoms with Crippen LogP contribution in [0.1, 0.15) is 5.56 Å². The van der Waals surface area contributed by atoms with Crippen LogP contribution in [0.5, 0.6) is 5.88 Å². The van der Waals surface area contributed by atoms with Gasteiger partial charge in [-0.05, 0) is 12.0 Å². The van der Waals surface area contributed by atoms with Gasteiger partial charge in [-0.1, -0.05) is 0 Å². The van der Waals surface area contributed by atoms with Crippen LogP contribution in [-0.2, 0) is 11.2 Å². The van der Waals surface area contributed by atoms with Crippen LogP contribution < -0.4 is 16.2 Å². The van der Waals surface area contributed by atoms with E-state index in [9.17, 15) is 0 Å². The molecule has 0 saturated heterocycles. The van der Waals surface area contributed by atoms with Crippen LogP contribution in [0.3, 0.4) is 0 Å². The van der Waals surface area contributed by atoms with E-state index in [1.807, 2.05) is 0 Å². The maximum absolute atomic E-state index is 5.75. The van der Waals surface area contributed by atoms with Crippen LogP contribution >= 0.6 is 0 Å². The molecule has 0 aliphatic carbocycles. The first-order chi connectivity index (χ1) is 6.69. The van der Waals surface area contributed by atoms with Crippen molar-refractivity contribution in [3.8, 4) is 5.88 Å². The minimum atomic E-state index is 0.301. The van der Waals surface area contributed by atoms with Gasteiger partial charge in [-0.2, -0.15) is 4.98 Å². The van der Waals surface area contributed by atoms with Gasteiger partial charge in [0, 0.05) is 13.2 Å². The lowest BCUT2D eigenvalue weighted by molar-refractivity contribution is 0.202. The van der Waals surface area contributed by atoms with Crippen molar-refractivity contribution in [3.05, 3.63) is 11.6 Å². The van der Waals surface area contributed by atoms with Gasteiger partial charge in [0.1, 0.15) is 0 Å². The Kier molecular flexibility index (Phi) is 3.53. The number of aromatic nitrogens is 1. The molecule has 5 heteroatoms. The molecule has 0 saturated carbocycles. The van der Waals surface area contributed by atoms with E-state index in [-0.39, 0.29) is 0 Å². The molecule has 0 aliphatic rings. The van der Waals surface area contributed by atoms with E-state index in [2.05, 4.69) is 4.98 Å². The van der Waals surface area contributed by atoms with Gasteiger partial charge in [0.25, 0.3) is 0 Å². The quantitative estimate of drug-likeness (QED) is 0.731.